The van der Waals surface area contributed by atoms with E-state index in [2.05, 4.69) is 16.0 Å². The first kappa shape index (κ1) is 36.0. The van der Waals surface area contributed by atoms with Crippen molar-refractivity contribution in [2.45, 2.75) is 94.2 Å². The van der Waals surface area contributed by atoms with E-state index in [1.807, 2.05) is 0 Å². The Bertz CT molecular complexity index is 975. The van der Waals surface area contributed by atoms with Crippen LogP contribution in [0.15, 0.2) is 0 Å². The summed E-state index contributed by atoms with van der Waals surface area (Å²) in [7, 11) is 1.51. The third-order valence-corrected chi connectivity index (χ3v) is 7.36. The zero-order valence-electron chi connectivity index (χ0n) is 24.7. The molecule has 2 bridgehead atoms. The average molecular weight is 637 g/mol. The van der Waals surface area contributed by atoms with E-state index in [-0.39, 0.29) is 45.1 Å². The molecule has 252 valence electrons. The van der Waals surface area contributed by atoms with E-state index in [0.717, 1.165) is 4.90 Å². The van der Waals surface area contributed by atoms with E-state index < -0.39 is 92.4 Å². The molecule has 3 heterocycles. The van der Waals surface area contributed by atoms with Gasteiger partial charge in [-0.25, -0.2) is 0 Å². The number of aliphatic hydroxyl groups is 5. The number of carbonyl (C=O) groups excluding carboxylic acids is 4. The Balaban J connectivity index is 1.72. The summed E-state index contributed by atoms with van der Waals surface area (Å²) in [5.41, 5.74) is 0. The lowest BCUT2D eigenvalue weighted by Crippen LogP contribution is -2.64. The maximum Gasteiger partial charge on any atom is 0.239 e. The van der Waals surface area contributed by atoms with Crippen molar-refractivity contribution in [2.24, 2.45) is 0 Å². The van der Waals surface area contributed by atoms with Crippen molar-refractivity contribution < 1.29 is 68.4 Å². The van der Waals surface area contributed by atoms with Crippen LogP contribution in [-0.2, 0) is 42.9 Å². The van der Waals surface area contributed by atoms with Crippen molar-refractivity contribution in [3.63, 3.8) is 0 Å². The quantitative estimate of drug-likeness (QED) is 0.132. The third kappa shape index (κ3) is 9.99. The molecule has 0 aromatic rings. The van der Waals surface area contributed by atoms with Gasteiger partial charge in [-0.2, -0.15) is 0 Å². The first-order valence-corrected chi connectivity index (χ1v) is 14.5. The summed E-state index contributed by atoms with van der Waals surface area (Å²) in [6, 6.07) is 0. The Morgan fingerprint density at radius 3 is 1.95 bits per heavy atom. The van der Waals surface area contributed by atoms with Gasteiger partial charge in [-0.1, -0.05) is 0 Å². The number of nitrogens with zero attached hydrogens (tertiary/aromatic N) is 1. The molecule has 0 saturated carbocycles. The van der Waals surface area contributed by atoms with Crippen molar-refractivity contribution in [1.82, 2.24) is 20.9 Å². The Kier molecular flexibility index (Phi) is 14.1. The molecule has 0 radical (unpaired) electrons. The van der Waals surface area contributed by atoms with Gasteiger partial charge in [-0.3, -0.25) is 19.2 Å². The summed E-state index contributed by atoms with van der Waals surface area (Å²) >= 11 is 0. The van der Waals surface area contributed by atoms with Gasteiger partial charge in [0.1, 0.15) is 49.7 Å². The van der Waals surface area contributed by atoms with Crippen molar-refractivity contribution >= 4 is 23.6 Å². The Morgan fingerprint density at radius 2 is 1.34 bits per heavy atom. The summed E-state index contributed by atoms with van der Waals surface area (Å²) in [6.07, 6.45) is -14.1. The fourth-order valence-electron chi connectivity index (χ4n) is 4.77. The van der Waals surface area contributed by atoms with E-state index in [1.165, 1.54) is 14.0 Å². The molecule has 3 rings (SSSR count). The number of hydrogen-bond donors (Lipinski definition) is 8. The van der Waals surface area contributed by atoms with Crippen LogP contribution in [0.1, 0.15) is 32.6 Å². The Hall–Kier alpha value is -2.52. The largest absolute Gasteiger partial charge is 0.388 e. The van der Waals surface area contributed by atoms with E-state index in [4.69, 9.17) is 23.7 Å². The highest BCUT2D eigenvalue weighted by atomic mass is 16.8. The van der Waals surface area contributed by atoms with Gasteiger partial charge in [-0.15, -0.1) is 0 Å². The monoisotopic (exact) mass is 636 g/mol. The Labute approximate surface area is 253 Å². The fourth-order valence-corrected chi connectivity index (χ4v) is 4.77. The summed E-state index contributed by atoms with van der Waals surface area (Å²) in [5, 5.41) is 59.9. The zero-order chi connectivity index (χ0) is 32.4. The van der Waals surface area contributed by atoms with Gasteiger partial charge in [-0.05, 0) is 19.8 Å². The molecular weight excluding hydrogens is 592 g/mol. The van der Waals surface area contributed by atoms with E-state index >= 15 is 0 Å². The predicted octanol–water partition coefficient (Wildman–Crippen LogP) is -4.98. The number of aliphatic hydroxyl groups excluding tert-OH is 5. The first-order chi connectivity index (χ1) is 20.9. The molecular formula is C26H44N4O14. The second kappa shape index (κ2) is 17.2. The molecule has 10 atom stereocenters. The Morgan fingerprint density at radius 1 is 0.773 bits per heavy atom. The normalized spacial score (nSPS) is 36.5. The number of carbonyl (C=O) groups is 4. The van der Waals surface area contributed by atoms with E-state index in [9.17, 15) is 44.7 Å². The van der Waals surface area contributed by atoms with Crippen molar-refractivity contribution in [1.29, 1.82) is 0 Å². The number of amides is 4. The maximum atomic E-state index is 12.9. The molecule has 0 aliphatic carbocycles. The predicted molar refractivity (Wildman–Crippen MR) is 145 cm³/mol. The van der Waals surface area contributed by atoms with Gasteiger partial charge in [0, 0.05) is 33.0 Å². The lowest BCUT2D eigenvalue weighted by atomic mass is 9.99. The summed E-state index contributed by atoms with van der Waals surface area (Å²) in [6.45, 7) is -0.0238. The molecule has 0 aromatic carbocycles. The number of ether oxygens (including phenoxy) is 5. The zero-order valence-corrected chi connectivity index (χ0v) is 24.7. The maximum absolute atomic E-state index is 12.9. The van der Waals surface area contributed by atoms with Gasteiger partial charge < -0.3 is 70.1 Å². The van der Waals surface area contributed by atoms with Gasteiger partial charge in [0.15, 0.2) is 18.9 Å². The van der Waals surface area contributed by atoms with Crippen LogP contribution in [-0.4, -0.2) is 162 Å². The topological polar surface area (TPSA) is 255 Å². The highest BCUT2D eigenvalue weighted by Crippen LogP contribution is 2.30. The molecule has 3 fully saturated rings. The van der Waals surface area contributed by atoms with E-state index in [1.54, 1.807) is 0 Å². The number of unbranched alkanes of at least 4 members (excludes halogenated alkanes) is 1. The van der Waals surface area contributed by atoms with Crippen LogP contribution in [0.5, 0.6) is 0 Å². The molecule has 18 heteroatoms. The second-order valence-corrected chi connectivity index (χ2v) is 10.7. The molecule has 0 spiro atoms. The summed E-state index contributed by atoms with van der Waals surface area (Å²) in [4.78, 5) is 50.7. The molecule has 0 aromatic heterocycles. The standard InChI is InChI=1S/C26H44N4O14/c1-13-18(35)20(37)23-26(42-13)41-10-8-29-16(33)12-30(17(34)6-4-3-5-14(31)27-2)11-15(32)28-7-9-40-24-21(38)19(36)22(39)25(43-23)44-24/h13,18-26,35-39H,3-12H2,1-2H3,(H,27,31)(H,28,32)(H,29,33)/t13-,18+,19-,20+,21-,22-,23-,24+,25+,26+/m0/s1. The first-order valence-electron chi connectivity index (χ1n) is 14.5. The third-order valence-electron chi connectivity index (χ3n) is 7.36. The van der Waals surface area contributed by atoms with Crippen molar-refractivity contribution in [3.05, 3.63) is 0 Å². The fraction of sp³-hybridized carbons (Fsp3) is 0.846. The molecule has 3 saturated heterocycles. The molecule has 3 aliphatic heterocycles. The van der Waals surface area contributed by atoms with Crippen molar-refractivity contribution in [2.75, 3.05) is 46.4 Å². The molecule has 4 amide bonds. The highest BCUT2D eigenvalue weighted by Gasteiger charge is 2.50. The van der Waals surface area contributed by atoms with Crippen LogP contribution in [0.4, 0.5) is 0 Å². The smallest absolute Gasteiger partial charge is 0.239 e. The average Bonchev–Trinajstić information content (AvgIpc) is 2.99. The van der Waals surface area contributed by atoms with Crippen LogP contribution in [0, 0.1) is 0 Å². The van der Waals surface area contributed by atoms with Crippen LogP contribution in [0.3, 0.4) is 0 Å². The number of hydrogen-bond acceptors (Lipinski definition) is 14. The minimum atomic E-state index is -1.80. The molecule has 44 heavy (non-hydrogen) atoms. The van der Waals surface area contributed by atoms with Crippen LogP contribution in [0.25, 0.3) is 0 Å². The number of rotatable bonds is 5. The van der Waals surface area contributed by atoms with Gasteiger partial charge >= 0.3 is 0 Å². The number of nitrogens with one attached hydrogen (secondary N) is 3. The lowest BCUT2D eigenvalue weighted by Gasteiger charge is -2.45. The van der Waals surface area contributed by atoms with E-state index in [0.29, 0.717) is 12.8 Å². The van der Waals surface area contributed by atoms with Crippen molar-refractivity contribution in [3.8, 4) is 0 Å². The van der Waals surface area contributed by atoms with Crippen LogP contribution in [0.2, 0.25) is 0 Å². The summed E-state index contributed by atoms with van der Waals surface area (Å²) in [5.74, 6) is -1.83. The minimum Gasteiger partial charge on any atom is -0.388 e. The lowest BCUT2D eigenvalue weighted by molar-refractivity contribution is -0.387. The summed E-state index contributed by atoms with van der Waals surface area (Å²) < 4.78 is 27.9. The molecule has 3 aliphatic rings. The van der Waals surface area contributed by atoms with Gasteiger partial charge in [0.05, 0.1) is 19.3 Å². The van der Waals surface area contributed by atoms with Crippen LogP contribution >= 0.6 is 0 Å². The SMILES string of the molecule is CNC(=O)CCCCC(=O)N1CC(=O)NCCO[C@@H]2O[C@@H](O[C@@H]3[C@H](OCCNC(=O)C1)O[C@@H](C)[C@@H](O)[C@H]3O)[C@@H](O)[C@@H](O)[C@@H]2O. The molecule has 0 unspecified atom stereocenters. The number of fused-ring (bicyclic) bond motifs is 3. The molecule has 18 nitrogen and oxygen atoms in total. The second-order valence-electron chi connectivity index (χ2n) is 10.7. The van der Waals surface area contributed by atoms with Gasteiger partial charge in [0.2, 0.25) is 23.6 Å². The van der Waals surface area contributed by atoms with Gasteiger partial charge in [0.25, 0.3) is 0 Å². The van der Waals surface area contributed by atoms with Crippen LogP contribution < -0.4 is 16.0 Å². The highest BCUT2D eigenvalue weighted by molar-refractivity contribution is 5.89. The minimum absolute atomic E-state index is 0.00278. The molecule has 8 N–H and O–H groups in total.